The predicted molar refractivity (Wildman–Crippen MR) is 81.8 cm³/mol. The molecular formula is C14H20N4O. The lowest BCUT2D eigenvalue weighted by Gasteiger charge is -2.03. The van der Waals surface area contributed by atoms with Gasteiger partial charge in [-0.1, -0.05) is 6.07 Å². The summed E-state index contributed by atoms with van der Waals surface area (Å²) in [6.45, 7) is 1.95. The number of hydrogen-bond donors (Lipinski definition) is 4. The second-order valence-corrected chi connectivity index (χ2v) is 4.12. The fourth-order valence-corrected chi connectivity index (χ4v) is 1.39. The lowest BCUT2D eigenvalue weighted by molar-refractivity contribution is 0.417. The van der Waals surface area contributed by atoms with Crippen LogP contribution in [0.2, 0.25) is 0 Å². The first-order chi connectivity index (χ1) is 8.93. The van der Waals surface area contributed by atoms with E-state index in [0.29, 0.717) is 17.1 Å². The molecule has 0 saturated carbocycles. The molecule has 5 nitrogen and oxygen atoms in total. The van der Waals surface area contributed by atoms with Crippen molar-refractivity contribution in [2.75, 3.05) is 30.0 Å². The first kappa shape index (κ1) is 14.5. The summed E-state index contributed by atoms with van der Waals surface area (Å²) in [7, 11) is 1.56. The summed E-state index contributed by atoms with van der Waals surface area (Å²) in [6, 6.07) is 10.6. The van der Waals surface area contributed by atoms with Crippen molar-refractivity contribution in [2.45, 2.75) is 6.92 Å². The maximum absolute atomic E-state index is 5.54. The van der Waals surface area contributed by atoms with Crippen LogP contribution in [0.5, 0.6) is 5.75 Å². The number of aryl methyl sites for hydroxylation is 1. The quantitative estimate of drug-likeness (QED) is 0.586. The number of hydrogen-bond acceptors (Lipinski definition) is 5. The number of nitrogens with two attached hydrogens (primary N) is 4. The molecule has 102 valence electrons. The van der Waals surface area contributed by atoms with Gasteiger partial charge in [0.25, 0.3) is 0 Å². The average Bonchev–Trinajstić information content (AvgIpc) is 2.38. The molecule has 5 heteroatoms. The Labute approximate surface area is 113 Å². The molecule has 0 radical (unpaired) electrons. The smallest absolute Gasteiger partial charge is 0.143 e. The Morgan fingerprint density at radius 2 is 1.37 bits per heavy atom. The zero-order chi connectivity index (χ0) is 14.4. The number of methoxy groups -OCH3 is 1. The Morgan fingerprint density at radius 1 is 0.789 bits per heavy atom. The predicted octanol–water partition coefficient (Wildman–Crippen LogP) is 2.02. The van der Waals surface area contributed by atoms with E-state index in [0.717, 1.165) is 16.9 Å². The lowest BCUT2D eigenvalue weighted by atomic mass is 10.2. The van der Waals surface area contributed by atoms with E-state index < -0.39 is 0 Å². The van der Waals surface area contributed by atoms with E-state index in [4.69, 9.17) is 27.7 Å². The van der Waals surface area contributed by atoms with Crippen LogP contribution in [-0.2, 0) is 0 Å². The summed E-state index contributed by atoms with van der Waals surface area (Å²) < 4.78 is 4.92. The molecule has 0 atom stereocenters. The van der Waals surface area contributed by atoms with Gasteiger partial charge in [-0.25, -0.2) is 0 Å². The van der Waals surface area contributed by atoms with Crippen molar-refractivity contribution in [3.63, 3.8) is 0 Å². The molecule has 0 amide bonds. The molecule has 0 spiro atoms. The third kappa shape index (κ3) is 4.31. The Kier molecular flexibility index (Phi) is 4.88. The highest BCUT2D eigenvalue weighted by Crippen LogP contribution is 2.22. The van der Waals surface area contributed by atoms with Crippen LogP contribution >= 0.6 is 0 Å². The van der Waals surface area contributed by atoms with Gasteiger partial charge >= 0.3 is 0 Å². The molecule has 0 aliphatic heterocycles. The summed E-state index contributed by atoms with van der Waals surface area (Å²) in [5.74, 6) is 0.625. The minimum Gasteiger partial charge on any atom is -0.495 e. The van der Waals surface area contributed by atoms with Gasteiger partial charge in [0.15, 0.2) is 0 Å². The zero-order valence-corrected chi connectivity index (χ0v) is 11.2. The van der Waals surface area contributed by atoms with E-state index in [-0.39, 0.29) is 0 Å². The van der Waals surface area contributed by atoms with E-state index in [2.05, 4.69) is 0 Å². The van der Waals surface area contributed by atoms with E-state index >= 15 is 0 Å². The number of anilines is 4. The van der Waals surface area contributed by atoms with Crippen LogP contribution in [-0.4, -0.2) is 7.11 Å². The van der Waals surface area contributed by atoms with Crippen LogP contribution < -0.4 is 27.7 Å². The molecule has 19 heavy (non-hydrogen) atoms. The molecule has 0 aliphatic rings. The van der Waals surface area contributed by atoms with Crippen LogP contribution in [0.3, 0.4) is 0 Å². The van der Waals surface area contributed by atoms with Gasteiger partial charge in [0, 0.05) is 23.1 Å². The summed E-state index contributed by atoms with van der Waals surface area (Å²) in [5, 5.41) is 0. The summed E-state index contributed by atoms with van der Waals surface area (Å²) in [5.41, 5.74) is 25.8. The third-order valence-electron chi connectivity index (χ3n) is 2.56. The van der Waals surface area contributed by atoms with Crippen LogP contribution in [0.25, 0.3) is 0 Å². The Balaban J connectivity index is 0.000000191. The van der Waals surface area contributed by atoms with Crippen molar-refractivity contribution in [3.05, 3.63) is 42.0 Å². The summed E-state index contributed by atoms with van der Waals surface area (Å²) in [6.07, 6.45) is 0. The second kappa shape index (κ2) is 6.39. The number of nitrogen functional groups attached to an aromatic ring is 4. The van der Waals surface area contributed by atoms with Gasteiger partial charge in [0.1, 0.15) is 5.75 Å². The SMILES string of the molecule is COc1cc(N)ccc1N.Cc1ccc(N)cc1N. The zero-order valence-electron chi connectivity index (χ0n) is 11.2. The molecule has 2 aromatic rings. The number of benzene rings is 2. The third-order valence-corrected chi connectivity index (χ3v) is 2.56. The fraction of sp³-hybridized carbons (Fsp3) is 0.143. The van der Waals surface area contributed by atoms with Crippen LogP contribution in [0.1, 0.15) is 5.56 Å². The van der Waals surface area contributed by atoms with E-state index in [1.165, 1.54) is 0 Å². The maximum Gasteiger partial charge on any atom is 0.143 e. The molecule has 2 rings (SSSR count). The van der Waals surface area contributed by atoms with Gasteiger partial charge in [-0.05, 0) is 36.8 Å². The Morgan fingerprint density at radius 3 is 1.84 bits per heavy atom. The van der Waals surface area contributed by atoms with Crippen molar-refractivity contribution < 1.29 is 4.74 Å². The monoisotopic (exact) mass is 260 g/mol. The van der Waals surface area contributed by atoms with Crippen molar-refractivity contribution in [2.24, 2.45) is 0 Å². The standard InChI is InChI=1S/C7H10N2O.C7H10N2/c1-10-7-4-5(8)2-3-6(7)9;1-5-2-3-6(8)4-7(5)9/h2-4H,8-9H2,1H3;2-4H,8-9H2,1H3. The lowest BCUT2D eigenvalue weighted by Crippen LogP contribution is -1.93. The van der Waals surface area contributed by atoms with Crippen molar-refractivity contribution >= 4 is 22.7 Å². The van der Waals surface area contributed by atoms with Crippen molar-refractivity contribution in [1.82, 2.24) is 0 Å². The minimum absolute atomic E-state index is 0.608. The number of rotatable bonds is 1. The highest BCUT2D eigenvalue weighted by molar-refractivity contribution is 5.59. The summed E-state index contributed by atoms with van der Waals surface area (Å²) in [4.78, 5) is 0. The largest absolute Gasteiger partial charge is 0.495 e. The van der Waals surface area contributed by atoms with Crippen LogP contribution in [0.15, 0.2) is 36.4 Å². The Bertz CT molecular complexity index is 555. The minimum atomic E-state index is 0.608. The molecule has 8 N–H and O–H groups in total. The molecule has 0 fully saturated rings. The molecular weight excluding hydrogens is 240 g/mol. The fourth-order valence-electron chi connectivity index (χ4n) is 1.39. The van der Waals surface area contributed by atoms with Crippen molar-refractivity contribution in [1.29, 1.82) is 0 Å². The first-order valence-electron chi connectivity index (χ1n) is 5.74. The second-order valence-electron chi connectivity index (χ2n) is 4.12. The van der Waals surface area contributed by atoms with Crippen LogP contribution in [0, 0.1) is 6.92 Å². The highest BCUT2D eigenvalue weighted by Gasteiger charge is 1.96. The normalized spacial score (nSPS) is 9.37. The molecule has 0 bridgehead atoms. The molecule has 0 heterocycles. The van der Waals surface area contributed by atoms with Gasteiger partial charge < -0.3 is 27.7 Å². The van der Waals surface area contributed by atoms with Gasteiger partial charge in [0.05, 0.1) is 12.8 Å². The van der Waals surface area contributed by atoms with E-state index in [9.17, 15) is 0 Å². The first-order valence-corrected chi connectivity index (χ1v) is 5.74. The molecule has 2 aromatic carbocycles. The van der Waals surface area contributed by atoms with E-state index in [1.54, 1.807) is 31.4 Å². The molecule has 0 aromatic heterocycles. The molecule has 0 saturated heterocycles. The topological polar surface area (TPSA) is 113 Å². The van der Waals surface area contributed by atoms with Gasteiger partial charge in [-0.15, -0.1) is 0 Å². The van der Waals surface area contributed by atoms with Gasteiger partial charge in [-0.3, -0.25) is 0 Å². The van der Waals surface area contributed by atoms with Crippen molar-refractivity contribution in [3.8, 4) is 5.75 Å². The molecule has 0 unspecified atom stereocenters. The van der Waals surface area contributed by atoms with Gasteiger partial charge in [0.2, 0.25) is 0 Å². The van der Waals surface area contributed by atoms with Crippen LogP contribution in [0.4, 0.5) is 22.7 Å². The summed E-state index contributed by atoms with van der Waals surface area (Å²) >= 11 is 0. The van der Waals surface area contributed by atoms with Gasteiger partial charge in [-0.2, -0.15) is 0 Å². The average molecular weight is 260 g/mol. The molecule has 0 aliphatic carbocycles. The van der Waals surface area contributed by atoms with E-state index in [1.807, 2.05) is 19.1 Å². The maximum atomic E-state index is 5.54. The highest BCUT2D eigenvalue weighted by atomic mass is 16.5. The Hall–Kier alpha value is -2.56. The number of ether oxygens (including phenoxy) is 1.